The van der Waals surface area contributed by atoms with Crippen LogP contribution in [0.4, 0.5) is 0 Å². The highest BCUT2D eigenvalue weighted by molar-refractivity contribution is 5.91. The van der Waals surface area contributed by atoms with Gasteiger partial charge in [0, 0.05) is 19.0 Å². The Morgan fingerprint density at radius 3 is 2.93 bits per heavy atom. The SMILES string of the molecule is CNC(=O)/C=C/c1ccc([C@@H]2C[C@@H]2C)o1. The summed E-state index contributed by atoms with van der Waals surface area (Å²) >= 11 is 0. The van der Waals surface area contributed by atoms with Crippen LogP contribution in [0.3, 0.4) is 0 Å². The van der Waals surface area contributed by atoms with Crippen molar-refractivity contribution in [1.82, 2.24) is 5.32 Å². The largest absolute Gasteiger partial charge is 0.461 e. The lowest BCUT2D eigenvalue weighted by Gasteiger charge is -1.91. The number of carbonyl (C=O) groups is 1. The maximum atomic E-state index is 11.0. The third-order valence-electron chi connectivity index (χ3n) is 2.77. The maximum Gasteiger partial charge on any atom is 0.243 e. The minimum absolute atomic E-state index is 0.118. The van der Waals surface area contributed by atoms with Gasteiger partial charge in [-0.3, -0.25) is 4.79 Å². The lowest BCUT2D eigenvalue weighted by Crippen LogP contribution is -2.13. The summed E-state index contributed by atoms with van der Waals surface area (Å²) in [5.74, 6) is 3.00. The third kappa shape index (κ3) is 2.29. The van der Waals surface area contributed by atoms with Gasteiger partial charge in [0.1, 0.15) is 11.5 Å². The predicted molar refractivity (Wildman–Crippen MR) is 58.3 cm³/mol. The molecule has 1 aliphatic rings. The Morgan fingerprint density at radius 1 is 1.60 bits per heavy atom. The number of nitrogens with one attached hydrogen (secondary N) is 1. The van der Waals surface area contributed by atoms with E-state index >= 15 is 0 Å². The number of rotatable bonds is 3. The van der Waals surface area contributed by atoms with Crippen molar-refractivity contribution in [3.8, 4) is 0 Å². The van der Waals surface area contributed by atoms with Crippen LogP contribution in [0, 0.1) is 5.92 Å². The molecule has 3 heteroatoms. The lowest BCUT2D eigenvalue weighted by molar-refractivity contribution is -0.115. The van der Waals surface area contributed by atoms with E-state index in [4.69, 9.17) is 4.42 Å². The Kier molecular flexibility index (Phi) is 2.62. The highest BCUT2D eigenvalue weighted by atomic mass is 16.3. The second-order valence-electron chi connectivity index (χ2n) is 4.01. The molecule has 1 fully saturated rings. The summed E-state index contributed by atoms with van der Waals surface area (Å²) in [6, 6.07) is 3.90. The molecular formula is C12H15NO2. The van der Waals surface area contributed by atoms with Crippen molar-refractivity contribution in [2.24, 2.45) is 5.92 Å². The van der Waals surface area contributed by atoms with Crippen molar-refractivity contribution in [3.63, 3.8) is 0 Å². The van der Waals surface area contributed by atoms with Gasteiger partial charge in [-0.05, 0) is 30.5 Å². The molecule has 0 bridgehead atoms. The van der Waals surface area contributed by atoms with Crippen LogP contribution in [0.2, 0.25) is 0 Å². The van der Waals surface area contributed by atoms with Gasteiger partial charge in [-0.1, -0.05) is 6.92 Å². The van der Waals surface area contributed by atoms with E-state index < -0.39 is 0 Å². The Labute approximate surface area is 89.2 Å². The molecule has 1 aliphatic carbocycles. The van der Waals surface area contributed by atoms with Crippen LogP contribution in [0.25, 0.3) is 6.08 Å². The van der Waals surface area contributed by atoms with Gasteiger partial charge < -0.3 is 9.73 Å². The van der Waals surface area contributed by atoms with Gasteiger partial charge in [0.25, 0.3) is 0 Å². The fourth-order valence-electron chi connectivity index (χ4n) is 1.62. The van der Waals surface area contributed by atoms with E-state index in [1.807, 2.05) is 12.1 Å². The topological polar surface area (TPSA) is 42.2 Å². The molecule has 2 atom stereocenters. The van der Waals surface area contributed by atoms with Crippen LogP contribution in [-0.2, 0) is 4.79 Å². The van der Waals surface area contributed by atoms with E-state index in [0.717, 1.165) is 17.4 Å². The Morgan fingerprint density at radius 2 is 2.33 bits per heavy atom. The van der Waals surface area contributed by atoms with Gasteiger partial charge in [0.05, 0.1) is 0 Å². The van der Waals surface area contributed by atoms with Crippen molar-refractivity contribution in [3.05, 3.63) is 29.7 Å². The Balaban J connectivity index is 2.01. The highest BCUT2D eigenvalue weighted by Gasteiger charge is 2.36. The van der Waals surface area contributed by atoms with Gasteiger partial charge in [0.15, 0.2) is 0 Å². The van der Waals surface area contributed by atoms with E-state index in [2.05, 4.69) is 12.2 Å². The third-order valence-corrected chi connectivity index (χ3v) is 2.77. The molecule has 0 aromatic carbocycles. The average Bonchev–Trinajstić information content (AvgIpc) is 2.80. The van der Waals surface area contributed by atoms with Crippen LogP contribution in [0.5, 0.6) is 0 Å². The number of carbonyl (C=O) groups excluding carboxylic acids is 1. The first-order chi connectivity index (χ1) is 7.20. The van der Waals surface area contributed by atoms with Crippen LogP contribution >= 0.6 is 0 Å². The zero-order valence-corrected chi connectivity index (χ0v) is 8.99. The lowest BCUT2D eigenvalue weighted by atomic mass is 10.3. The first-order valence-electron chi connectivity index (χ1n) is 5.20. The Hall–Kier alpha value is -1.51. The van der Waals surface area contributed by atoms with E-state index in [1.54, 1.807) is 13.1 Å². The van der Waals surface area contributed by atoms with Crippen molar-refractivity contribution < 1.29 is 9.21 Å². The molecule has 1 heterocycles. The van der Waals surface area contributed by atoms with Crippen molar-refractivity contribution in [2.45, 2.75) is 19.3 Å². The van der Waals surface area contributed by atoms with E-state index in [1.165, 1.54) is 12.5 Å². The molecule has 0 aliphatic heterocycles. The Bertz CT molecular complexity index is 392. The molecule has 1 aromatic heterocycles. The summed E-state index contributed by atoms with van der Waals surface area (Å²) in [5, 5.41) is 2.52. The second-order valence-corrected chi connectivity index (χ2v) is 4.01. The summed E-state index contributed by atoms with van der Waals surface area (Å²) in [5.41, 5.74) is 0. The standard InChI is InChI=1S/C12H15NO2/c1-8-7-10(8)11-5-3-9(15-11)4-6-12(14)13-2/h3-6,8,10H,7H2,1-2H3,(H,13,14)/b6-4+/t8-,10+/m0/s1. The number of hydrogen-bond donors (Lipinski definition) is 1. The second kappa shape index (κ2) is 3.93. The monoisotopic (exact) mass is 205 g/mol. The zero-order valence-electron chi connectivity index (χ0n) is 8.99. The van der Waals surface area contributed by atoms with Gasteiger partial charge in [-0.25, -0.2) is 0 Å². The first kappa shape index (κ1) is 10.0. The fraction of sp³-hybridized carbons (Fsp3) is 0.417. The predicted octanol–water partition coefficient (Wildman–Crippen LogP) is 2.16. The normalized spacial score (nSPS) is 24.4. The van der Waals surface area contributed by atoms with Gasteiger partial charge in [0.2, 0.25) is 5.91 Å². The van der Waals surface area contributed by atoms with Gasteiger partial charge in [-0.2, -0.15) is 0 Å². The summed E-state index contributed by atoms with van der Waals surface area (Å²) < 4.78 is 5.61. The number of likely N-dealkylation sites (N-methyl/N-ethyl adjacent to an activating group) is 1. The van der Waals surface area contributed by atoms with E-state index in [0.29, 0.717) is 5.92 Å². The number of amides is 1. The van der Waals surface area contributed by atoms with Crippen molar-refractivity contribution in [2.75, 3.05) is 7.05 Å². The molecule has 15 heavy (non-hydrogen) atoms. The van der Waals surface area contributed by atoms with Gasteiger partial charge >= 0.3 is 0 Å². The van der Waals surface area contributed by atoms with E-state index in [-0.39, 0.29) is 5.91 Å². The summed E-state index contributed by atoms with van der Waals surface area (Å²) in [6.45, 7) is 2.22. The average molecular weight is 205 g/mol. The molecule has 1 aromatic rings. The highest BCUT2D eigenvalue weighted by Crippen LogP contribution is 2.47. The van der Waals surface area contributed by atoms with E-state index in [9.17, 15) is 4.79 Å². The fourth-order valence-corrected chi connectivity index (χ4v) is 1.62. The molecule has 2 rings (SSSR count). The first-order valence-corrected chi connectivity index (χ1v) is 5.20. The number of furan rings is 1. The maximum absolute atomic E-state index is 11.0. The van der Waals surface area contributed by atoms with Crippen LogP contribution in [-0.4, -0.2) is 13.0 Å². The molecule has 0 saturated heterocycles. The van der Waals surface area contributed by atoms with Crippen LogP contribution < -0.4 is 5.32 Å². The molecular weight excluding hydrogens is 190 g/mol. The van der Waals surface area contributed by atoms with Crippen LogP contribution in [0.1, 0.15) is 30.8 Å². The summed E-state index contributed by atoms with van der Waals surface area (Å²) in [6.07, 6.45) is 4.38. The molecule has 1 N–H and O–H groups in total. The van der Waals surface area contributed by atoms with Crippen LogP contribution in [0.15, 0.2) is 22.6 Å². The quantitative estimate of drug-likeness (QED) is 0.768. The molecule has 0 radical (unpaired) electrons. The van der Waals surface area contributed by atoms with Crippen molar-refractivity contribution in [1.29, 1.82) is 0 Å². The minimum atomic E-state index is -0.118. The molecule has 0 spiro atoms. The number of hydrogen-bond acceptors (Lipinski definition) is 2. The minimum Gasteiger partial charge on any atom is -0.461 e. The molecule has 80 valence electrons. The molecule has 1 amide bonds. The zero-order chi connectivity index (χ0) is 10.8. The van der Waals surface area contributed by atoms with Gasteiger partial charge in [-0.15, -0.1) is 0 Å². The molecule has 3 nitrogen and oxygen atoms in total. The molecule has 0 unspecified atom stereocenters. The summed E-state index contributed by atoms with van der Waals surface area (Å²) in [4.78, 5) is 11.0. The summed E-state index contributed by atoms with van der Waals surface area (Å²) in [7, 11) is 1.60. The van der Waals surface area contributed by atoms with Crippen molar-refractivity contribution >= 4 is 12.0 Å². The molecule has 1 saturated carbocycles. The smallest absolute Gasteiger partial charge is 0.243 e.